The largest absolute Gasteiger partial charge is 0.328 e. The maximum atomic E-state index is 5.86. The summed E-state index contributed by atoms with van der Waals surface area (Å²) in [6.45, 7) is 2.54. The number of aromatic nitrogens is 2. The number of aryl methyl sites for hydroxylation is 1. The van der Waals surface area contributed by atoms with E-state index in [0.29, 0.717) is 6.54 Å². The van der Waals surface area contributed by atoms with Crippen molar-refractivity contribution in [3.8, 4) is 0 Å². The van der Waals surface area contributed by atoms with E-state index in [0.717, 1.165) is 10.3 Å². The number of imidazole rings is 1. The van der Waals surface area contributed by atoms with Gasteiger partial charge >= 0.3 is 0 Å². The second kappa shape index (κ2) is 4.80. The molecule has 0 fully saturated rings. The highest BCUT2D eigenvalue weighted by Gasteiger charge is 2.15. The van der Waals surface area contributed by atoms with Crippen molar-refractivity contribution in [3.63, 3.8) is 0 Å². The van der Waals surface area contributed by atoms with Crippen molar-refractivity contribution >= 4 is 15.9 Å². The zero-order valence-corrected chi connectivity index (χ0v) is 10.7. The minimum absolute atomic E-state index is 0.137. The van der Waals surface area contributed by atoms with Crippen LogP contribution in [-0.4, -0.2) is 16.1 Å². The highest BCUT2D eigenvalue weighted by molar-refractivity contribution is 9.10. The lowest BCUT2D eigenvalue weighted by atomic mass is 10.1. The number of halogens is 1. The van der Waals surface area contributed by atoms with Crippen LogP contribution in [0.2, 0.25) is 0 Å². The summed E-state index contributed by atoms with van der Waals surface area (Å²) in [6, 6.07) is 8.28. The number of hydrogen-bond acceptors (Lipinski definition) is 2. The van der Waals surface area contributed by atoms with Crippen LogP contribution in [-0.2, 0) is 0 Å². The third-order valence-corrected chi connectivity index (χ3v) is 3.41. The predicted octanol–water partition coefficient (Wildman–Crippen LogP) is 2.50. The molecule has 0 aliphatic heterocycles. The molecule has 1 aromatic heterocycles. The monoisotopic (exact) mass is 279 g/mol. The number of nitrogens with two attached hydrogens (primary N) is 1. The quantitative estimate of drug-likeness (QED) is 0.938. The molecule has 2 aromatic rings. The zero-order chi connectivity index (χ0) is 11.5. The lowest BCUT2D eigenvalue weighted by Gasteiger charge is -2.19. The Morgan fingerprint density at radius 2 is 2.19 bits per heavy atom. The molecule has 2 N–H and O–H groups in total. The Hall–Kier alpha value is -1.13. The fraction of sp³-hybridized carbons (Fsp3) is 0.250. The third kappa shape index (κ3) is 2.03. The molecule has 3 nitrogen and oxygen atoms in total. The summed E-state index contributed by atoms with van der Waals surface area (Å²) in [5.74, 6) is 0.978. The Labute approximate surface area is 103 Å². The topological polar surface area (TPSA) is 43.8 Å². The van der Waals surface area contributed by atoms with Crippen LogP contribution in [0, 0.1) is 6.92 Å². The third-order valence-electron chi connectivity index (χ3n) is 2.69. The first kappa shape index (κ1) is 11.4. The van der Waals surface area contributed by atoms with Crippen LogP contribution >= 0.6 is 15.9 Å². The Kier molecular flexibility index (Phi) is 3.41. The minimum atomic E-state index is 0.137. The summed E-state index contributed by atoms with van der Waals surface area (Å²) in [4.78, 5) is 4.23. The number of nitrogens with zero attached hydrogens (tertiary/aromatic N) is 2. The molecule has 0 saturated heterocycles. The van der Waals surface area contributed by atoms with Crippen LogP contribution < -0.4 is 5.73 Å². The Bertz CT molecular complexity index is 479. The Morgan fingerprint density at radius 3 is 2.75 bits per heavy atom. The fourth-order valence-corrected chi connectivity index (χ4v) is 2.40. The van der Waals surface area contributed by atoms with Crippen molar-refractivity contribution in [3.05, 3.63) is 52.5 Å². The first-order chi connectivity index (χ1) is 7.74. The number of rotatable bonds is 3. The van der Waals surface area contributed by atoms with Crippen molar-refractivity contribution in [2.75, 3.05) is 6.54 Å². The van der Waals surface area contributed by atoms with E-state index in [4.69, 9.17) is 5.73 Å². The van der Waals surface area contributed by atoms with Gasteiger partial charge in [-0.05, 0) is 18.6 Å². The summed E-state index contributed by atoms with van der Waals surface area (Å²) in [6.07, 6.45) is 3.77. The molecule has 16 heavy (non-hydrogen) atoms. The molecule has 84 valence electrons. The minimum Gasteiger partial charge on any atom is -0.328 e. The maximum Gasteiger partial charge on any atom is 0.106 e. The first-order valence-electron chi connectivity index (χ1n) is 5.18. The van der Waals surface area contributed by atoms with Gasteiger partial charge in [-0.1, -0.05) is 34.1 Å². The van der Waals surface area contributed by atoms with Gasteiger partial charge in [0.05, 0.1) is 6.04 Å². The molecule has 0 aliphatic carbocycles. The van der Waals surface area contributed by atoms with Gasteiger partial charge in [-0.25, -0.2) is 4.98 Å². The van der Waals surface area contributed by atoms with E-state index in [2.05, 4.69) is 31.5 Å². The lowest BCUT2D eigenvalue weighted by molar-refractivity contribution is 0.576. The fourth-order valence-electron chi connectivity index (χ4n) is 1.85. The maximum absolute atomic E-state index is 5.86. The average Bonchev–Trinajstić information content (AvgIpc) is 2.69. The Morgan fingerprint density at radius 1 is 1.44 bits per heavy atom. The molecule has 1 atom stereocenters. The molecule has 4 heteroatoms. The van der Waals surface area contributed by atoms with Crippen LogP contribution in [0.3, 0.4) is 0 Å². The van der Waals surface area contributed by atoms with Crippen molar-refractivity contribution in [1.82, 2.24) is 9.55 Å². The van der Waals surface area contributed by atoms with Crippen LogP contribution in [0.1, 0.15) is 17.4 Å². The van der Waals surface area contributed by atoms with Gasteiger partial charge in [0.2, 0.25) is 0 Å². The predicted molar refractivity (Wildman–Crippen MR) is 68.3 cm³/mol. The van der Waals surface area contributed by atoms with E-state index in [-0.39, 0.29) is 6.04 Å². The average molecular weight is 280 g/mol. The van der Waals surface area contributed by atoms with Gasteiger partial charge in [-0.2, -0.15) is 0 Å². The summed E-state index contributed by atoms with van der Waals surface area (Å²) in [5.41, 5.74) is 7.05. The molecular formula is C12H14BrN3. The van der Waals surface area contributed by atoms with Gasteiger partial charge in [0.1, 0.15) is 5.82 Å². The molecule has 0 amide bonds. The van der Waals surface area contributed by atoms with Crippen molar-refractivity contribution in [2.24, 2.45) is 5.73 Å². The summed E-state index contributed by atoms with van der Waals surface area (Å²) in [7, 11) is 0. The molecule has 0 spiro atoms. The van der Waals surface area contributed by atoms with Crippen LogP contribution in [0.5, 0.6) is 0 Å². The molecule has 1 unspecified atom stereocenters. The SMILES string of the molecule is Cc1nccn1C(CN)c1ccccc1Br. The molecule has 1 heterocycles. The highest BCUT2D eigenvalue weighted by atomic mass is 79.9. The Balaban J connectivity index is 2.45. The van der Waals surface area contributed by atoms with Crippen LogP contribution in [0.15, 0.2) is 41.1 Å². The molecule has 2 rings (SSSR count). The smallest absolute Gasteiger partial charge is 0.106 e. The van der Waals surface area contributed by atoms with Crippen molar-refractivity contribution in [1.29, 1.82) is 0 Å². The van der Waals surface area contributed by atoms with Gasteiger partial charge in [-0.15, -0.1) is 0 Å². The van der Waals surface area contributed by atoms with E-state index in [1.54, 1.807) is 6.20 Å². The summed E-state index contributed by atoms with van der Waals surface area (Å²) >= 11 is 3.56. The second-order valence-corrected chi connectivity index (χ2v) is 4.51. The highest BCUT2D eigenvalue weighted by Crippen LogP contribution is 2.26. The standard InChI is InChI=1S/C12H14BrN3/c1-9-15-6-7-16(9)12(8-14)10-4-2-3-5-11(10)13/h2-7,12H,8,14H2,1H3. The number of benzene rings is 1. The van der Waals surface area contributed by atoms with Crippen molar-refractivity contribution < 1.29 is 0 Å². The van der Waals surface area contributed by atoms with Crippen LogP contribution in [0.25, 0.3) is 0 Å². The van der Waals surface area contributed by atoms with E-state index < -0.39 is 0 Å². The second-order valence-electron chi connectivity index (χ2n) is 3.65. The zero-order valence-electron chi connectivity index (χ0n) is 9.10. The van der Waals surface area contributed by atoms with Gasteiger partial charge in [0.15, 0.2) is 0 Å². The van der Waals surface area contributed by atoms with Crippen molar-refractivity contribution in [2.45, 2.75) is 13.0 Å². The molecule has 0 aliphatic rings. The van der Waals surface area contributed by atoms with E-state index in [9.17, 15) is 0 Å². The molecule has 1 aromatic carbocycles. The molecule has 0 radical (unpaired) electrons. The summed E-state index contributed by atoms with van der Waals surface area (Å²) in [5, 5.41) is 0. The first-order valence-corrected chi connectivity index (χ1v) is 5.97. The van der Waals surface area contributed by atoms with E-state index >= 15 is 0 Å². The molecule has 0 bridgehead atoms. The van der Waals surface area contributed by atoms with Gasteiger partial charge in [0.25, 0.3) is 0 Å². The van der Waals surface area contributed by atoms with E-state index in [1.165, 1.54) is 5.56 Å². The molecular weight excluding hydrogens is 266 g/mol. The van der Waals surface area contributed by atoms with E-state index in [1.807, 2.05) is 31.3 Å². The number of hydrogen-bond donors (Lipinski definition) is 1. The lowest BCUT2D eigenvalue weighted by Crippen LogP contribution is -2.21. The van der Waals surface area contributed by atoms with Gasteiger partial charge in [0, 0.05) is 23.4 Å². The normalized spacial score (nSPS) is 12.7. The van der Waals surface area contributed by atoms with Gasteiger partial charge in [-0.3, -0.25) is 0 Å². The molecule has 0 saturated carbocycles. The summed E-state index contributed by atoms with van der Waals surface area (Å²) < 4.78 is 3.18. The van der Waals surface area contributed by atoms with Gasteiger partial charge < -0.3 is 10.3 Å². The van der Waals surface area contributed by atoms with Crippen LogP contribution in [0.4, 0.5) is 0 Å².